The van der Waals surface area contributed by atoms with Gasteiger partial charge in [0.1, 0.15) is 5.56 Å². The minimum atomic E-state index is -0.336. The molecule has 3 aromatic rings. The Morgan fingerprint density at radius 3 is 2.37 bits per heavy atom. The molecule has 7 nitrogen and oxygen atoms in total. The lowest BCUT2D eigenvalue weighted by atomic mass is 10.1. The summed E-state index contributed by atoms with van der Waals surface area (Å²) in [6, 6.07) is 14.2. The number of nitrogens with zero attached hydrogens (tertiary/aromatic N) is 2. The fourth-order valence-corrected chi connectivity index (χ4v) is 2.60. The third-order valence-corrected chi connectivity index (χ3v) is 3.91. The van der Waals surface area contributed by atoms with E-state index in [0.29, 0.717) is 16.8 Å². The first-order valence-electron chi connectivity index (χ1n) is 8.33. The Hall–Kier alpha value is -3.61. The highest BCUT2D eigenvalue weighted by Crippen LogP contribution is 2.18. The van der Waals surface area contributed by atoms with Crippen LogP contribution in [0.2, 0.25) is 0 Å². The zero-order chi connectivity index (χ0) is 19.4. The monoisotopic (exact) mass is 364 g/mol. The molecule has 2 aromatic carbocycles. The minimum Gasteiger partial charge on any atom is -0.479 e. The summed E-state index contributed by atoms with van der Waals surface area (Å²) in [4.78, 5) is 24.7. The summed E-state index contributed by atoms with van der Waals surface area (Å²) in [5.41, 5.74) is 3.20. The van der Waals surface area contributed by atoms with Gasteiger partial charge in [-0.3, -0.25) is 14.3 Å². The summed E-state index contributed by atoms with van der Waals surface area (Å²) in [7, 11) is 3.17. The number of rotatable bonds is 5. The number of hydrogen-bond donors (Lipinski definition) is 2. The minimum absolute atomic E-state index is 0.215. The van der Waals surface area contributed by atoms with E-state index >= 15 is 0 Å². The van der Waals surface area contributed by atoms with Crippen LogP contribution in [0.15, 0.2) is 54.7 Å². The molecule has 0 spiro atoms. The van der Waals surface area contributed by atoms with Crippen molar-refractivity contribution in [1.82, 2.24) is 9.78 Å². The second-order valence-electron chi connectivity index (χ2n) is 6.08. The lowest BCUT2D eigenvalue weighted by molar-refractivity contribution is 0.101. The van der Waals surface area contributed by atoms with Gasteiger partial charge in [-0.25, -0.2) is 0 Å². The average Bonchev–Trinajstić information content (AvgIpc) is 3.03. The number of methoxy groups -OCH3 is 1. The first kappa shape index (κ1) is 18.2. The molecule has 0 atom stereocenters. The molecule has 0 bridgehead atoms. The van der Waals surface area contributed by atoms with Crippen molar-refractivity contribution in [2.24, 2.45) is 7.05 Å². The number of amides is 2. The molecule has 138 valence electrons. The van der Waals surface area contributed by atoms with Crippen LogP contribution in [0.1, 0.15) is 26.3 Å². The number of aryl methyl sites for hydroxylation is 2. The molecule has 1 aromatic heterocycles. The van der Waals surface area contributed by atoms with Crippen molar-refractivity contribution < 1.29 is 14.3 Å². The fourth-order valence-electron chi connectivity index (χ4n) is 2.60. The molecule has 0 unspecified atom stereocenters. The van der Waals surface area contributed by atoms with Gasteiger partial charge in [-0.05, 0) is 48.9 Å². The third-order valence-electron chi connectivity index (χ3n) is 3.91. The standard InChI is InChI=1S/C20H20N4O3/c1-13-5-4-6-16(11-13)22-18(25)14-7-9-15(10-8-14)21-19(26)17-12-24(2)23-20(17)27-3/h4-12H,1-3H3,(H,21,26)(H,22,25). The Morgan fingerprint density at radius 1 is 1.00 bits per heavy atom. The maximum atomic E-state index is 12.4. The predicted molar refractivity (Wildman–Crippen MR) is 103 cm³/mol. The Kier molecular flexibility index (Phi) is 5.21. The number of hydrogen-bond acceptors (Lipinski definition) is 4. The molecular formula is C20H20N4O3. The molecule has 3 rings (SSSR count). The largest absolute Gasteiger partial charge is 0.479 e. The van der Waals surface area contributed by atoms with Gasteiger partial charge in [0.25, 0.3) is 11.8 Å². The number of nitrogens with one attached hydrogen (secondary N) is 2. The molecule has 7 heteroatoms. The maximum absolute atomic E-state index is 12.4. The van der Waals surface area contributed by atoms with Gasteiger partial charge in [-0.1, -0.05) is 12.1 Å². The van der Waals surface area contributed by atoms with Crippen LogP contribution < -0.4 is 15.4 Å². The van der Waals surface area contributed by atoms with Crippen molar-refractivity contribution in [1.29, 1.82) is 0 Å². The van der Waals surface area contributed by atoms with E-state index in [1.54, 1.807) is 37.5 Å². The summed E-state index contributed by atoms with van der Waals surface area (Å²) >= 11 is 0. The van der Waals surface area contributed by atoms with Crippen LogP contribution in [0.4, 0.5) is 11.4 Å². The van der Waals surface area contributed by atoms with Crippen LogP contribution in [0, 0.1) is 6.92 Å². The molecule has 27 heavy (non-hydrogen) atoms. The van der Waals surface area contributed by atoms with E-state index in [9.17, 15) is 9.59 Å². The van der Waals surface area contributed by atoms with Crippen molar-refractivity contribution in [2.75, 3.05) is 17.7 Å². The molecule has 0 saturated heterocycles. The Bertz CT molecular complexity index is 977. The van der Waals surface area contributed by atoms with Gasteiger partial charge in [-0.15, -0.1) is 5.10 Å². The number of aromatic nitrogens is 2. The number of ether oxygens (including phenoxy) is 1. The number of anilines is 2. The molecule has 0 aliphatic carbocycles. The van der Waals surface area contributed by atoms with Crippen molar-refractivity contribution in [3.63, 3.8) is 0 Å². The summed E-state index contributed by atoms with van der Waals surface area (Å²) in [5.74, 6) is -0.298. The Morgan fingerprint density at radius 2 is 1.70 bits per heavy atom. The lowest BCUT2D eigenvalue weighted by Crippen LogP contribution is -2.14. The number of carbonyl (C=O) groups excluding carboxylic acids is 2. The van der Waals surface area contributed by atoms with E-state index in [1.165, 1.54) is 11.8 Å². The van der Waals surface area contributed by atoms with E-state index in [0.717, 1.165) is 11.3 Å². The zero-order valence-corrected chi connectivity index (χ0v) is 15.3. The van der Waals surface area contributed by atoms with Crippen molar-refractivity contribution in [3.8, 4) is 5.88 Å². The van der Waals surface area contributed by atoms with Crippen LogP contribution in [-0.4, -0.2) is 28.7 Å². The summed E-state index contributed by atoms with van der Waals surface area (Å²) in [6.45, 7) is 1.96. The van der Waals surface area contributed by atoms with Crippen LogP contribution in [0.3, 0.4) is 0 Å². The van der Waals surface area contributed by atoms with E-state index in [1.807, 2.05) is 31.2 Å². The molecule has 2 N–H and O–H groups in total. The quantitative estimate of drug-likeness (QED) is 0.728. The van der Waals surface area contributed by atoms with E-state index in [-0.39, 0.29) is 17.7 Å². The van der Waals surface area contributed by atoms with Crippen LogP contribution >= 0.6 is 0 Å². The lowest BCUT2D eigenvalue weighted by Gasteiger charge is -2.08. The molecule has 0 aliphatic rings. The van der Waals surface area contributed by atoms with E-state index in [2.05, 4.69) is 15.7 Å². The Labute approximate surface area is 157 Å². The molecule has 0 aliphatic heterocycles. The van der Waals surface area contributed by atoms with Gasteiger partial charge in [0.15, 0.2) is 0 Å². The van der Waals surface area contributed by atoms with E-state index < -0.39 is 0 Å². The van der Waals surface area contributed by atoms with Crippen molar-refractivity contribution in [2.45, 2.75) is 6.92 Å². The first-order valence-corrected chi connectivity index (χ1v) is 8.33. The number of carbonyl (C=O) groups is 2. The Balaban J connectivity index is 1.67. The maximum Gasteiger partial charge on any atom is 0.262 e. The zero-order valence-electron chi connectivity index (χ0n) is 15.3. The van der Waals surface area contributed by atoms with Gasteiger partial charge in [0, 0.05) is 30.2 Å². The summed E-state index contributed by atoms with van der Waals surface area (Å²) in [6.07, 6.45) is 1.58. The first-order chi connectivity index (χ1) is 13.0. The number of benzene rings is 2. The van der Waals surface area contributed by atoms with Crippen molar-refractivity contribution >= 4 is 23.2 Å². The van der Waals surface area contributed by atoms with Gasteiger partial charge < -0.3 is 15.4 Å². The van der Waals surface area contributed by atoms with Crippen LogP contribution in [0.25, 0.3) is 0 Å². The summed E-state index contributed by atoms with van der Waals surface area (Å²) < 4.78 is 6.60. The van der Waals surface area contributed by atoms with Gasteiger partial charge >= 0.3 is 0 Å². The highest BCUT2D eigenvalue weighted by Gasteiger charge is 2.16. The molecule has 0 fully saturated rings. The molecule has 0 radical (unpaired) electrons. The second kappa shape index (κ2) is 7.74. The van der Waals surface area contributed by atoms with Crippen LogP contribution in [-0.2, 0) is 7.05 Å². The topological polar surface area (TPSA) is 85.2 Å². The van der Waals surface area contributed by atoms with E-state index in [4.69, 9.17) is 4.74 Å². The molecule has 2 amide bonds. The van der Waals surface area contributed by atoms with Gasteiger partial charge in [0.2, 0.25) is 5.88 Å². The predicted octanol–water partition coefficient (Wildman–Crippen LogP) is 3.24. The smallest absolute Gasteiger partial charge is 0.262 e. The average molecular weight is 364 g/mol. The third kappa shape index (κ3) is 4.33. The van der Waals surface area contributed by atoms with Crippen LogP contribution in [0.5, 0.6) is 5.88 Å². The second-order valence-corrected chi connectivity index (χ2v) is 6.08. The van der Waals surface area contributed by atoms with Gasteiger partial charge in [0.05, 0.1) is 7.11 Å². The fraction of sp³-hybridized carbons (Fsp3) is 0.150. The normalized spacial score (nSPS) is 10.3. The molecule has 1 heterocycles. The molecule has 0 saturated carbocycles. The van der Waals surface area contributed by atoms with Gasteiger partial charge in [-0.2, -0.15) is 0 Å². The van der Waals surface area contributed by atoms with Crippen molar-refractivity contribution in [3.05, 3.63) is 71.4 Å². The highest BCUT2D eigenvalue weighted by atomic mass is 16.5. The molecular weight excluding hydrogens is 344 g/mol. The SMILES string of the molecule is COc1nn(C)cc1C(=O)Nc1ccc(C(=O)Nc2cccc(C)c2)cc1. The highest BCUT2D eigenvalue weighted by molar-refractivity contribution is 6.07. The summed E-state index contributed by atoms with van der Waals surface area (Å²) in [5, 5.41) is 9.67.